The number of amides is 1. The van der Waals surface area contributed by atoms with E-state index in [9.17, 15) is 17.6 Å². The molecule has 0 spiro atoms. The summed E-state index contributed by atoms with van der Waals surface area (Å²) in [7, 11) is 0.906. The van der Waals surface area contributed by atoms with Crippen molar-refractivity contribution in [3.63, 3.8) is 0 Å². The van der Waals surface area contributed by atoms with E-state index in [1.54, 1.807) is 6.07 Å². The fourth-order valence-electron chi connectivity index (χ4n) is 4.29. The molecule has 3 rings (SSSR count). The number of aromatic nitrogens is 2. The number of carbonyl (C=O) groups excluding carboxylic acids is 1. The van der Waals surface area contributed by atoms with Crippen molar-refractivity contribution in [2.24, 2.45) is 5.41 Å². The maximum Gasteiger partial charge on any atom is 0.252 e. The molecule has 1 heterocycles. The lowest BCUT2D eigenvalue weighted by molar-refractivity contribution is -0.180. The number of nitrogens with zero attached hydrogens (tertiary/aromatic N) is 3. The summed E-state index contributed by atoms with van der Waals surface area (Å²) < 4.78 is 45.1. The van der Waals surface area contributed by atoms with E-state index in [0.29, 0.717) is 24.2 Å². The van der Waals surface area contributed by atoms with Crippen molar-refractivity contribution < 1.29 is 27.2 Å². The van der Waals surface area contributed by atoms with Gasteiger partial charge in [0, 0.05) is 25.8 Å². The Morgan fingerprint density at radius 3 is 2.56 bits per heavy atom. The third-order valence-corrected chi connectivity index (χ3v) is 6.41. The number of ether oxygens (including phenoxy) is 1. The van der Waals surface area contributed by atoms with Crippen LogP contribution in [-0.4, -0.2) is 69.0 Å². The molecule has 0 aliphatic heterocycles. The first kappa shape index (κ1) is 24.2. The highest BCUT2D eigenvalue weighted by Gasteiger charge is 2.52. The average Bonchev–Trinajstić information content (AvgIpc) is 3.09. The monoisotopic (exact) mass is 466 g/mol. The lowest BCUT2D eigenvalue weighted by Gasteiger charge is -2.31. The molecule has 0 saturated heterocycles. The molecule has 1 aliphatic carbocycles. The second kappa shape index (κ2) is 9.57. The number of benzene rings is 1. The quantitative estimate of drug-likeness (QED) is 0.588. The number of sulfonamides is 1. The minimum atomic E-state index is -3.50. The highest BCUT2D eigenvalue weighted by Crippen LogP contribution is 2.44. The van der Waals surface area contributed by atoms with E-state index >= 15 is 0 Å². The van der Waals surface area contributed by atoms with Crippen molar-refractivity contribution in [2.45, 2.75) is 31.4 Å². The topological polar surface area (TPSA) is 111 Å². The molecule has 32 heavy (non-hydrogen) atoms. The summed E-state index contributed by atoms with van der Waals surface area (Å²) in [6.45, 7) is 0. The molecule has 174 valence electrons. The Morgan fingerprint density at radius 2 is 1.97 bits per heavy atom. The van der Waals surface area contributed by atoms with Crippen LogP contribution in [0.15, 0.2) is 36.7 Å². The van der Waals surface area contributed by atoms with Crippen LogP contribution in [-0.2, 0) is 30.8 Å². The third kappa shape index (κ3) is 5.47. The fraction of sp³-hybridized carbons (Fsp3) is 0.476. The first-order valence-corrected chi connectivity index (χ1v) is 11.9. The number of methoxy groups -OCH3 is 1. The Hall–Kier alpha value is -2.47. The zero-order valence-corrected chi connectivity index (χ0v) is 19.2. The summed E-state index contributed by atoms with van der Waals surface area (Å²) in [6.07, 6.45) is 3.64. The maximum absolute atomic E-state index is 13.4. The molecule has 1 aliphatic rings. The predicted octanol–water partition coefficient (Wildman–Crippen LogP) is 1.56. The molecule has 1 aromatic carbocycles. The second-order valence-electron chi connectivity index (χ2n) is 8.05. The van der Waals surface area contributed by atoms with Crippen LogP contribution in [0.4, 0.5) is 4.39 Å². The van der Waals surface area contributed by atoms with Gasteiger partial charge in [-0.2, -0.15) is 0 Å². The van der Waals surface area contributed by atoms with Gasteiger partial charge in [0.25, 0.3) is 5.91 Å². The summed E-state index contributed by atoms with van der Waals surface area (Å²) in [5.41, 5.74) is 0.538. The molecule has 11 heteroatoms. The van der Waals surface area contributed by atoms with Gasteiger partial charge in [0.1, 0.15) is 0 Å². The van der Waals surface area contributed by atoms with Gasteiger partial charge in [0.05, 0.1) is 37.3 Å². The summed E-state index contributed by atoms with van der Waals surface area (Å²) in [4.78, 5) is 26.5. The van der Waals surface area contributed by atoms with E-state index in [4.69, 9.17) is 9.57 Å². The average molecular weight is 467 g/mol. The molecule has 3 atom stereocenters. The summed E-state index contributed by atoms with van der Waals surface area (Å²) in [5.74, 6) is -0.443. The molecule has 0 unspecified atom stereocenters. The molecule has 1 N–H and O–H groups in total. The Morgan fingerprint density at radius 1 is 1.28 bits per heavy atom. The minimum Gasteiger partial charge on any atom is -0.380 e. The normalized spacial score (nSPS) is 23.3. The first-order valence-electron chi connectivity index (χ1n) is 9.96. The number of halogens is 1. The van der Waals surface area contributed by atoms with Crippen molar-refractivity contribution in [2.75, 3.05) is 27.5 Å². The number of nitrogens with one attached hydrogen (secondary N) is 1. The minimum absolute atomic E-state index is 0.238. The molecular weight excluding hydrogens is 439 g/mol. The van der Waals surface area contributed by atoms with Crippen molar-refractivity contribution >= 4 is 15.9 Å². The third-order valence-electron chi connectivity index (χ3n) is 5.68. The number of carbonyl (C=O) groups is 1. The van der Waals surface area contributed by atoms with Crippen LogP contribution >= 0.6 is 0 Å². The number of hydrogen-bond donors (Lipinski definition) is 1. The smallest absolute Gasteiger partial charge is 0.252 e. The number of hydrogen-bond acceptors (Lipinski definition) is 7. The maximum atomic E-state index is 13.4. The van der Waals surface area contributed by atoms with Gasteiger partial charge in [-0.05, 0) is 30.9 Å². The Balaban J connectivity index is 1.96. The largest absolute Gasteiger partial charge is 0.380 e. The zero-order valence-electron chi connectivity index (χ0n) is 18.4. The fourth-order valence-corrected chi connectivity index (χ4v) is 5.07. The van der Waals surface area contributed by atoms with Crippen LogP contribution in [0.3, 0.4) is 0 Å². The molecule has 2 aromatic rings. The van der Waals surface area contributed by atoms with Gasteiger partial charge in [0.2, 0.25) is 10.0 Å². The van der Waals surface area contributed by atoms with E-state index in [1.807, 2.05) is 18.2 Å². The highest BCUT2D eigenvalue weighted by atomic mass is 32.2. The lowest BCUT2D eigenvalue weighted by Crippen LogP contribution is -2.43. The molecular formula is C21H27FN4O5S. The van der Waals surface area contributed by atoms with Crippen LogP contribution in [0, 0.1) is 11.2 Å². The molecule has 1 aromatic heterocycles. The van der Waals surface area contributed by atoms with Gasteiger partial charge in [-0.1, -0.05) is 18.2 Å². The van der Waals surface area contributed by atoms with Gasteiger partial charge in [0.15, 0.2) is 11.6 Å². The molecule has 1 fully saturated rings. The van der Waals surface area contributed by atoms with Gasteiger partial charge >= 0.3 is 0 Å². The van der Waals surface area contributed by atoms with Crippen LogP contribution in [0.1, 0.15) is 18.4 Å². The second-order valence-corrected chi connectivity index (χ2v) is 9.83. The van der Waals surface area contributed by atoms with Crippen LogP contribution < -0.4 is 4.72 Å². The van der Waals surface area contributed by atoms with Crippen LogP contribution in [0.2, 0.25) is 0 Å². The predicted molar refractivity (Wildman–Crippen MR) is 115 cm³/mol. The SMILES string of the molecule is CO[C@H]1C[C@](Cc2cccc(-c3ncc(F)cn3)c2)(C(=O)N(C)OC)C[C@H]1NS(C)(=O)=O. The number of rotatable bonds is 8. The van der Waals surface area contributed by atoms with Crippen LogP contribution in [0.25, 0.3) is 11.4 Å². The van der Waals surface area contributed by atoms with Crippen molar-refractivity contribution in [3.05, 3.63) is 48.0 Å². The van der Waals surface area contributed by atoms with E-state index in [2.05, 4.69) is 14.7 Å². The van der Waals surface area contributed by atoms with Crippen molar-refractivity contribution in [3.8, 4) is 11.4 Å². The first-order chi connectivity index (χ1) is 15.1. The van der Waals surface area contributed by atoms with E-state index < -0.39 is 33.4 Å². The van der Waals surface area contributed by atoms with Gasteiger partial charge in [-0.3, -0.25) is 9.63 Å². The zero-order chi connectivity index (χ0) is 23.5. The highest BCUT2D eigenvalue weighted by molar-refractivity contribution is 7.88. The van der Waals surface area contributed by atoms with E-state index in [0.717, 1.165) is 29.3 Å². The van der Waals surface area contributed by atoms with Crippen molar-refractivity contribution in [1.29, 1.82) is 0 Å². The molecule has 1 saturated carbocycles. The van der Waals surface area contributed by atoms with Gasteiger partial charge in [-0.15, -0.1) is 0 Å². The van der Waals surface area contributed by atoms with E-state index in [1.165, 1.54) is 21.3 Å². The Bertz CT molecular complexity index is 1070. The van der Waals surface area contributed by atoms with Gasteiger partial charge < -0.3 is 4.74 Å². The molecule has 0 radical (unpaired) electrons. The lowest BCUT2D eigenvalue weighted by atomic mass is 9.78. The molecule has 0 bridgehead atoms. The molecule has 9 nitrogen and oxygen atoms in total. The van der Waals surface area contributed by atoms with E-state index in [-0.39, 0.29) is 12.3 Å². The number of hydroxylamine groups is 2. The van der Waals surface area contributed by atoms with Gasteiger partial charge in [-0.25, -0.2) is 32.6 Å². The summed E-state index contributed by atoms with van der Waals surface area (Å²) in [5, 5.41) is 1.16. The standard InChI is InChI=1S/C21H27FN4O5S/c1-26(31-3)20(27)21(10-17(18(11-21)30-2)25-32(4,28)29)9-14-6-5-7-15(8-14)19-23-12-16(22)13-24-19/h5-8,12-13,17-18,25H,9-11H2,1-4H3/t17-,18+,21-/m1/s1. The summed E-state index contributed by atoms with van der Waals surface area (Å²) >= 11 is 0. The van der Waals surface area contributed by atoms with Crippen molar-refractivity contribution in [1.82, 2.24) is 19.8 Å². The molecule has 1 amide bonds. The Labute approximate surface area is 187 Å². The Kier molecular flexibility index (Phi) is 7.23. The summed E-state index contributed by atoms with van der Waals surface area (Å²) in [6, 6.07) is 6.76. The van der Waals surface area contributed by atoms with Crippen LogP contribution in [0.5, 0.6) is 0 Å².